The van der Waals surface area contributed by atoms with E-state index in [4.69, 9.17) is 0 Å². The SMILES string of the molecule is CCC(CO)N1CCN(Cc2cnc(-c3ccccn3)s2)CC1. The molecule has 1 aliphatic rings. The highest BCUT2D eigenvalue weighted by Crippen LogP contribution is 2.24. The van der Waals surface area contributed by atoms with Crippen molar-refractivity contribution in [3.63, 3.8) is 0 Å². The third-order valence-corrected chi connectivity index (χ3v) is 5.43. The highest BCUT2D eigenvalue weighted by Gasteiger charge is 2.22. The van der Waals surface area contributed by atoms with Gasteiger partial charge in [-0.15, -0.1) is 11.3 Å². The Bertz CT molecular complexity index is 592. The Hall–Kier alpha value is -1.34. The van der Waals surface area contributed by atoms with Gasteiger partial charge in [0.25, 0.3) is 0 Å². The van der Waals surface area contributed by atoms with Crippen LogP contribution in [0.15, 0.2) is 30.6 Å². The van der Waals surface area contributed by atoms with Crippen LogP contribution in [0, 0.1) is 0 Å². The quantitative estimate of drug-likeness (QED) is 0.878. The Morgan fingerprint density at radius 3 is 2.70 bits per heavy atom. The number of hydrogen-bond donors (Lipinski definition) is 1. The van der Waals surface area contributed by atoms with E-state index in [1.807, 2.05) is 24.4 Å². The van der Waals surface area contributed by atoms with Gasteiger partial charge in [0.1, 0.15) is 5.01 Å². The molecule has 1 aliphatic heterocycles. The minimum absolute atomic E-state index is 0.263. The molecular formula is C17H24N4OS. The molecule has 6 heteroatoms. The normalized spacial score (nSPS) is 18.2. The number of aliphatic hydroxyl groups is 1. The molecule has 0 aromatic carbocycles. The summed E-state index contributed by atoms with van der Waals surface area (Å²) in [5, 5.41) is 10.4. The van der Waals surface area contributed by atoms with Crippen LogP contribution in [0.3, 0.4) is 0 Å². The van der Waals surface area contributed by atoms with Gasteiger partial charge in [-0.1, -0.05) is 13.0 Å². The van der Waals surface area contributed by atoms with Crippen LogP contribution in [0.4, 0.5) is 0 Å². The third-order valence-electron chi connectivity index (χ3n) is 4.42. The molecule has 1 N–H and O–H groups in total. The van der Waals surface area contributed by atoms with Crippen molar-refractivity contribution in [3.05, 3.63) is 35.5 Å². The lowest BCUT2D eigenvalue weighted by atomic mass is 10.1. The van der Waals surface area contributed by atoms with E-state index in [9.17, 15) is 5.11 Å². The maximum Gasteiger partial charge on any atom is 0.142 e. The van der Waals surface area contributed by atoms with Crippen LogP contribution >= 0.6 is 11.3 Å². The predicted octanol–water partition coefficient (Wildman–Crippen LogP) is 2.09. The Labute approximate surface area is 141 Å². The summed E-state index contributed by atoms with van der Waals surface area (Å²) in [5.74, 6) is 0. The van der Waals surface area contributed by atoms with Gasteiger partial charge < -0.3 is 5.11 Å². The lowest BCUT2D eigenvalue weighted by Gasteiger charge is -2.38. The number of aromatic nitrogens is 2. The van der Waals surface area contributed by atoms with Crippen molar-refractivity contribution in [1.82, 2.24) is 19.8 Å². The summed E-state index contributed by atoms with van der Waals surface area (Å²) >= 11 is 1.73. The zero-order chi connectivity index (χ0) is 16.1. The van der Waals surface area contributed by atoms with Gasteiger partial charge in [-0.3, -0.25) is 14.8 Å². The first kappa shape index (κ1) is 16.5. The number of aliphatic hydroxyl groups excluding tert-OH is 1. The average Bonchev–Trinajstić information content (AvgIpc) is 3.07. The molecular weight excluding hydrogens is 308 g/mol. The standard InChI is InChI=1S/C17H24N4OS/c1-2-14(13-22)21-9-7-20(8-10-21)12-15-11-19-17(23-15)16-5-3-4-6-18-16/h3-6,11,14,22H,2,7-10,12-13H2,1H3. The summed E-state index contributed by atoms with van der Waals surface area (Å²) in [6.07, 6.45) is 4.79. The van der Waals surface area contributed by atoms with E-state index in [1.165, 1.54) is 4.88 Å². The molecule has 0 spiro atoms. The first-order chi connectivity index (χ1) is 11.3. The number of rotatable bonds is 6. The fourth-order valence-electron chi connectivity index (χ4n) is 3.00. The Morgan fingerprint density at radius 1 is 1.22 bits per heavy atom. The molecule has 0 saturated carbocycles. The summed E-state index contributed by atoms with van der Waals surface area (Å²) in [7, 11) is 0. The third kappa shape index (κ3) is 4.14. The van der Waals surface area contributed by atoms with E-state index in [2.05, 4.69) is 26.7 Å². The van der Waals surface area contributed by atoms with Crippen molar-refractivity contribution in [1.29, 1.82) is 0 Å². The van der Waals surface area contributed by atoms with E-state index >= 15 is 0 Å². The first-order valence-electron chi connectivity index (χ1n) is 8.23. The van der Waals surface area contributed by atoms with Gasteiger partial charge in [0, 0.05) is 56.0 Å². The lowest BCUT2D eigenvalue weighted by molar-refractivity contribution is 0.0612. The van der Waals surface area contributed by atoms with Crippen LogP contribution in [0.25, 0.3) is 10.7 Å². The zero-order valence-corrected chi connectivity index (χ0v) is 14.4. The van der Waals surface area contributed by atoms with Crippen LogP contribution in [-0.4, -0.2) is 63.7 Å². The van der Waals surface area contributed by atoms with Crippen LogP contribution in [0.1, 0.15) is 18.2 Å². The molecule has 0 amide bonds. The summed E-state index contributed by atoms with van der Waals surface area (Å²) in [6.45, 7) is 7.52. The monoisotopic (exact) mass is 332 g/mol. The van der Waals surface area contributed by atoms with Gasteiger partial charge in [-0.2, -0.15) is 0 Å². The smallest absolute Gasteiger partial charge is 0.142 e. The van der Waals surface area contributed by atoms with Gasteiger partial charge in [0.15, 0.2) is 0 Å². The van der Waals surface area contributed by atoms with Crippen molar-refractivity contribution in [2.75, 3.05) is 32.8 Å². The fraction of sp³-hybridized carbons (Fsp3) is 0.529. The van der Waals surface area contributed by atoms with E-state index in [-0.39, 0.29) is 6.61 Å². The molecule has 3 rings (SSSR count). The molecule has 0 bridgehead atoms. The first-order valence-corrected chi connectivity index (χ1v) is 9.05. The van der Waals surface area contributed by atoms with Crippen molar-refractivity contribution < 1.29 is 5.11 Å². The number of piperazine rings is 1. The Morgan fingerprint density at radius 2 is 2.04 bits per heavy atom. The number of hydrogen-bond acceptors (Lipinski definition) is 6. The zero-order valence-electron chi connectivity index (χ0n) is 13.6. The molecule has 2 aromatic rings. The largest absolute Gasteiger partial charge is 0.395 e. The molecule has 23 heavy (non-hydrogen) atoms. The lowest BCUT2D eigenvalue weighted by Crippen LogP contribution is -2.50. The highest BCUT2D eigenvalue weighted by atomic mass is 32.1. The van der Waals surface area contributed by atoms with Crippen LogP contribution in [0.2, 0.25) is 0 Å². The van der Waals surface area contributed by atoms with Crippen molar-refractivity contribution in [2.24, 2.45) is 0 Å². The van der Waals surface area contributed by atoms with Crippen molar-refractivity contribution >= 4 is 11.3 Å². The van der Waals surface area contributed by atoms with Gasteiger partial charge in [0.2, 0.25) is 0 Å². The maximum absolute atomic E-state index is 9.42. The predicted molar refractivity (Wildman–Crippen MR) is 93.4 cm³/mol. The Kier molecular flexibility index (Phi) is 5.72. The van der Waals surface area contributed by atoms with E-state index in [1.54, 1.807) is 17.5 Å². The summed E-state index contributed by atoms with van der Waals surface area (Å²) in [6, 6.07) is 6.24. The minimum atomic E-state index is 0.263. The molecule has 1 fully saturated rings. The second-order valence-electron chi connectivity index (χ2n) is 5.90. The van der Waals surface area contributed by atoms with Gasteiger partial charge >= 0.3 is 0 Å². The number of pyridine rings is 1. The average molecular weight is 332 g/mol. The minimum Gasteiger partial charge on any atom is -0.395 e. The molecule has 2 aromatic heterocycles. The summed E-state index contributed by atoms with van der Waals surface area (Å²) in [5.41, 5.74) is 0.947. The number of nitrogens with zero attached hydrogens (tertiary/aromatic N) is 4. The second-order valence-corrected chi connectivity index (χ2v) is 7.02. The molecule has 1 atom stereocenters. The second kappa shape index (κ2) is 7.97. The molecule has 0 aliphatic carbocycles. The van der Waals surface area contributed by atoms with E-state index < -0.39 is 0 Å². The molecule has 5 nitrogen and oxygen atoms in total. The maximum atomic E-state index is 9.42. The number of thiazole rings is 1. The van der Waals surface area contributed by atoms with Crippen molar-refractivity contribution in [3.8, 4) is 10.7 Å². The van der Waals surface area contributed by atoms with Crippen LogP contribution in [0.5, 0.6) is 0 Å². The highest BCUT2D eigenvalue weighted by molar-refractivity contribution is 7.14. The topological polar surface area (TPSA) is 52.5 Å². The van der Waals surface area contributed by atoms with Crippen molar-refractivity contribution in [2.45, 2.75) is 25.9 Å². The molecule has 1 saturated heterocycles. The fourth-order valence-corrected chi connectivity index (χ4v) is 3.93. The molecule has 3 heterocycles. The van der Waals surface area contributed by atoms with Gasteiger partial charge in [-0.25, -0.2) is 4.98 Å². The van der Waals surface area contributed by atoms with E-state index in [0.717, 1.165) is 49.8 Å². The Balaban J connectivity index is 1.54. The molecule has 0 radical (unpaired) electrons. The van der Waals surface area contributed by atoms with Gasteiger partial charge in [-0.05, 0) is 18.6 Å². The molecule has 1 unspecified atom stereocenters. The van der Waals surface area contributed by atoms with Gasteiger partial charge in [0.05, 0.1) is 12.3 Å². The summed E-state index contributed by atoms with van der Waals surface area (Å²) < 4.78 is 0. The van der Waals surface area contributed by atoms with E-state index in [0.29, 0.717) is 6.04 Å². The van der Waals surface area contributed by atoms with Crippen LogP contribution < -0.4 is 0 Å². The molecule has 124 valence electrons. The van der Waals surface area contributed by atoms with Crippen LogP contribution in [-0.2, 0) is 6.54 Å². The summed E-state index contributed by atoms with van der Waals surface area (Å²) in [4.78, 5) is 15.0.